The lowest BCUT2D eigenvalue weighted by Gasteiger charge is -2.35. The summed E-state index contributed by atoms with van der Waals surface area (Å²) in [6.45, 7) is 20.9. The molecular formula is C31H52O. The van der Waals surface area contributed by atoms with Gasteiger partial charge in [0.05, 0.1) is 0 Å². The number of fused-ring (bicyclic) bond motifs is 1. The normalized spacial score (nSPS) is 19.7. The Bertz CT molecular complexity index is 756. The summed E-state index contributed by atoms with van der Waals surface area (Å²) in [7, 11) is 0. The SMILES string of the molecule is CCc1c(C)c(C)c2c(c1C)C=C[C@@](C)(CCC[C@@H](C)CCC[C@@H](C)CCCC(C)C)O2. The number of rotatable bonds is 13. The molecule has 32 heavy (non-hydrogen) atoms. The van der Waals surface area contributed by atoms with Crippen molar-refractivity contribution in [3.63, 3.8) is 0 Å². The van der Waals surface area contributed by atoms with E-state index in [0.717, 1.165) is 36.3 Å². The lowest BCUT2D eigenvalue weighted by Crippen LogP contribution is -2.32. The largest absolute Gasteiger partial charge is 0.483 e. The van der Waals surface area contributed by atoms with Crippen LogP contribution in [0.25, 0.3) is 6.08 Å². The van der Waals surface area contributed by atoms with E-state index in [2.05, 4.69) is 74.5 Å². The van der Waals surface area contributed by atoms with Gasteiger partial charge >= 0.3 is 0 Å². The first-order valence-corrected chi connectivity index (χ1v) is 13.6. The van der Waals surface area contributed by atoms with Gasteiger partial charge in [0.25, 0.3) is 0 Å². The highest BCUT2D eigenvalue weighted by Crippen LogP contribution is 2.41. The summed E-state index contributed by atoms with van der Waals surface area (Å²) in [6.07, 6.45) is 17.8. The monoisotopic (exact) mass is 440 g/mol. The molecule has 1 heterocycles. The predicted octanol–water partition coefficient (Wildman–Crippen LogP) is 9.78. The number of benzene rings is 1. The van der Waals surface area contributed by atoms with Crippen molar-refractivity contribution < 1.29 is 4.74 Å². The minimum absolute atomic E-state index is 0.172. The van der Waals surface area contributed by atoms with Crippen LogP contribution in [0.3, 0.4) is 0 Å². The third-order valence-electron chi connectivity index (χ3n) is 7.99. The first-order valence-electron chi connectivity index (χ1n) is 13.6. The van der Waals surface area contributed by atoms with Gasteiger partial charge in [-0.25, -0.2) is 0 Å². The quantitative estimate of drug-likeness (QED) is 0.296. The van der Waals surface area contributed by atoms with Crippen LogP contribution in [0.4, 0.5) is 0 Å². The van der Waals surface area contributed by atoms with E-state index in [1.165, 1.54) is 79.2 Å². The smallest absolute Gasteiger partial charge is 0.131 e. The third kappa shape index (κ3) is 7.39. The van der Waals surface area contributed by atoms with E-state index in [0.29, 0.717) is 0 Å². The summed E-state index contributed by atoms with van der Waals surface area (Å²) >= 11 is 0. The maximum atomic E-state index is 6.67. The van der Waals surface area contributed by atoms with Crippen molar-refractivity contribution in [1.29, 1.82) is 0 Å². The van der Waals surface area contributed by atoms with Crippen molar-refractivity contribution in [2.75, 3.05) is 0 Å². The van der Waals surface area contributed by atoms with Crippen molar-refractivity contribution in [2.45, 2.75) is 132 Å². The second-order valence-electron chi connectivity index (χ2n) is 11.6. The highest BCUT2D eigenvalue weighted by molar-refractivity contribution is 5.69. The van der Waals surface area contributed by atoms with E-state index in [1.54, 1.807) is 0 Å². The van der Waals surface area contributed by atoms with Gasteiger partial charge in [0.15, 0.2) is 0 Å². The fourth-order valence-corrected chi connectivity index (χ4v) is 5.52. The van der Waals surface area contributed by atoms with Crippen LogP contribution in [-0.4, -0.2) is 5.60 Å². The fraction of sp³-hybridized carbons (Fsp3) is 0.742. The fourth-order valence-electron chi connectivity index (χ4n) is 5.52. The van der Waals surface area contributed by atoms with Crippen LogP contribution in [0.2, 0.25) is 0 Å². The summed E-state index contributed by atoms with van der Waals surface area (Å²) in [5.41, 5.74) is 6.76. The molecule has 2 rings (SSSR count). The third-order valence-corrected chi connectivity index (χ3v) is 7.99. The Morgan fingerprint density at radius 1 is 0.781 bits per heavy atom. The molecule has 1 aromatic rings. The van der Waals surface area contributed by atoms with Crippen molar-refractivity contribution in [2.24, 2.45) is 17.8 Å². The molecule has 1 nitrogen and oxygen atoms in total. The average Bonchev–Trinajstić information content (AvgIpc) is 2.72. The van der Waals surface area contributed by atoms with Gasteiger partial charge in [-0.05, 0) is 93.0 Å². The predicted molar refractivity (Wildman–Crippen MR) is 143 cm³/mol. The Balaban J connectivity index is 1.79. The summed E-state index contributed by atoms with van der Waals surface area (Å²) in [6, 6.07) is 0. The van der Waals surface area contributed by atoms with Crippen LogP contribution >= 0.6 is 0 Å². The van der Waals surface area contributed by atoms with E-state index >= 15 is 0 Å². The van der Waals surface area contributed by atoms with Crippen LogP contribution in [0, 0.1) is 38.5 Å². The average molecular weight is 441 g/mol. The molecule has 0 aliphatic carbocycles. The van der Waals surface area contributed by atoms with Crippen molar-refractivity contribution in [3.05, 3.63) is 33.9 Å². The Hall–Kier alpha value is -1.24. The number of hydrogen-bond acceptors (Lipinski definition) is 1. The maximum absolute atomic E-state index is 6.67. The molecule has 0 unspecified atom stereocenters. The van der Waals surface area contributed by atoms with Crippen LogP contribution < -0.4 is 4.74 Å². The Morgan fingerprint density at radius 3 is 1.91 bits per heavy atom. The molecule has 0 N–H and O–H groups in total. The van der Waals surface area contributed by atoms with E-state index < -0.39 is 0 Å². The van der Waals surface area contributed by atoms with Gasteiger partial charge in [-0.1, -0.05) is 85.6 Å². The Morgan fingerprint density at radius 2 is 1.34 bits per heavy atom. The molecule has 3 atom stereocenters. The van der Waals surface area contributed by atoms with Gasteiger partial charge in [0, 0.05) is 5.56 Å². The van der Waals surface area contributed by atoms with E-state index in [9.17, 15) is 0 Å². The molecule has 1 aromatic carbocycles. The first kappa shape index (κ1) is 27.0. The van der Waals surface area contributed by atoms with Crippen molar-refractivity contribution >= 4 is 6.08 Å². The highest BCUT2D eigenvalue weighted by atomic mass is 16.5. The van der Waals surface area contributed by atoms with E-state index in [4.69, 9.17) is 4.74 Å². The lowest BCUT2D eigenvalue weighted by molar-refractivity contribution is 0.121. The minimum atomic E-state index is -0.172. The lowest BCUT2D eigenvalue weighted by atomic mass is 9.86. The number of hydrogen-bond donors (Lipinski definition) is 0. The summed E-state index contributed by atoms with van der Waals surface area (Å²) in [5.74, 6) is 3.69. The standard InChI is InChI=1S/C31H52O/c1-10-28-25(6)26(7)30-29(27(28)8)19-21-31(9,32-30)20-13-18-24(5)17-12-16-23(4)15-11-14-22(2)3/h19,21-24H,10-18,20H2,1-9H3/t23-,24-,31+/m0/s1. The topological polar surface area (TPSA) is 9.23 Å². The van der Waals surface area contributed by atoms with Crippen molar-refractivity contribution in [1.82, 2.24) is 0 Å². The zero-order chi connectivity index (χ0) is 23.9. The highest BCUT2D eigenvalue weighted by Gasteiger charge is 2.30. The van der Waals surface area contributed by atoms with Crippen LogP contribution in [-0.2, 0) is 6.42 Å². The molecule has 1 aliphatic rings. The second kappa shape index (κ2) is 12.3. The molecule has 0 amide bonds. The molecule has 0 saturated heterocycles. The molecule has 1 heteroatoms. The van der Waals surface area contributed by atoms with Gasteiger partial charge in [0.2, 0.25) is 0 Å². The van der Waals surface area contributed by atoms with E-state index in [1.807, 2.05) is 0 Å². The number of ether oxygens (including phenoxy) is 1. The molecule has 0 spiro atoms. The molecule has 0 bridgehead atoms. The summed E-state index contributed by atoms with van der Waals surface area (Å²) in [4.78, 5) is 0. The van der Waals surface area contributed by atoms with Crippen LogP contribution in [0.1, 0.15) is 127 Å². The summed E-state index contributed by atoms with van der Waals surface area (Å²) in [5, 5.41) is 0. The zero-order valence-electron chi connectivity index (χ0n) is 22.9. The zero-order valence-corrected chi connectivity index (χ0v) is 22.9. The molecule has 0 aromatic heterocycles. The second-order valence-corrected chi connectivity index (χ2v) is 11.6. The van der Waals surface area contributed by atoms with Gasteiger partial charge in [-0.3, -0.25) is 0 Å². The molecule has 0 saturated carbocycles. The summed E-state index contributed by atoms with van der Waals surface area (Å²) < 4.78 is 6.67. The molecule has 0 fully saturated rings. The van der Waals surface area contributed by atoms with Crippen LogP contribution in [0.5, 0.6) is 5.75 Å². The molecular weight excluding hydrogens is 388 g/mol. The van der Waals surface area contributed by atoms with Gasteiger partial charge in [-0.15, -0.1) is 0 Å². The molecule has 1 aliphatic heterocycles. The first-order chi connectivity index (χ1) is 15.1. The van der Waals surface area contributed by atoms with E-state index in [-0.39, 0.29) is 5.60 Å². The Kier molecular flexibility index (Phi) is 10.4. The van der Waals surface area contributed by atoms with Gasteiger partial charge in [0.1, 0.15) is 11.4 Å². The van der Waals surface area contributed by atoms with Crippen LogP contribution in [0.15, 0.2) is 6.08 Å². The minimum Gasteiger partial charge on any atom is -0.483 e. The van der Waals surface area contributed by atoms with Gasteiger partial charge < -0.3 is 4.74 Å². The Labute approximate surface area is 200 Å². The molecule has 0 radical (unpaired) electrons. The maximum Gasteiger partial charge on any atom is 0.131 e. The van der Waals surface area contributed by atoms with Crippen molar-refractivity contribution in [3.8, 4) is 5.75 Å². The van der Waals surface area contributed by atoms with Gasteiger partial charge in [-0.2, -0.15) is 0 Å². The molecule has 182 valence electrons.